The van der Waals surface area contributed by atoms with E-state index in [-0.39, 0.29) is 17.1 Å². The molecule has 3 aliphatic rings. The third kappa shape index (κ3) is 5.47. The Morgan fingerprint density at radius 3 is 2.49 bits per heavy atom. The third-order valence-electron chi connectivity index (χ3n) is 7.58. The molecule has 4 unspecified atom stereocenters. The molecule has 242 valence electrons. The van der Waals surface area contributed by atoms with Crippen molar-refractivity contribution in [3.8, 4) is 0 Å². The van der Waals surface area contributed by atoms with Crippen LogP contribution in [0.25, 0.3) is 22.2 Å². The van der Waals surface area contributed by atoms with Crippen molar-refractivity contribution in [1.29, 1.82) is 0 Å². The monoisotopic (exact) mass is 688 g/mol. The lowest BCUT2D eigenvalue weighted by atomic mass is 10.1. The molecule has 7 heterocycles. The van der Waals surface area contributed by atoms with Gasteiger partial charge in [0.15, 0.2) is 17.4 Å². The van der Waals surface area contributed by atoms with Crippen LogP contribution in [0.2, 0.25) is 0 Å². The highest BCUT2D eigenvalue weighted by atomic mass is 32.2. The number of rotatable bonds is 2. The fraction of sp³-hybridized carbons (Fsp3) is 0.455. The molecule has 2 bridgehead atoms. The number of pyridine rings is 1. The predicted molar refractivity (Wildman–Crippen MR) is 154 cm³/mol. The van der Waals surface area contributed by atoms with Crippen LogP contribution in [0.4, 0.5) is 11.6 Å². The summed E-state index contributed by atoms with van der Waals surface area (Å²) in [5, 5.41) is 20.7. The van der Waals surface area contributed by atoms with Crippen molar-refractivity contribution in [3.63, 3.8) is 0 Å². The van der Waals surface area contributed by atoms with E-state index in [4.69, 9.17) is 34.3 Å². The molecule has 0 aliphatic carbocycles. The van der Waals surface area contributed by atoms with Crippen LogP contribution in [0.5, 0.6) is 0 Å². The summed E-state index contributed by atoms with van der Waals surface area (Å²) < 4.78 is 56.2. The van der Waals surface area contributed by atoms with Crippen LogP contribution in [0.3, 0.4) is 0 Å². The number of nitrogens with zero attached hydrogens (tertiary/aromatic N) is 5. The summed E-state index contributed by atoms with van der Waals surface area (Å²) in [7, 11) is -10.00. The first-order valence-electron chi connectivity index (χ1n) is 13.2. The number of nitrogen functional groups attached to an aromatic ring is 2. The minimum absolute atomic E-state index is 0.0157. The number of aliphatic hydroxyl groups is 2. The highest BCUT2D eigenvalue weighted by Crippen LogP contribution is 2.56. The summed E-state index contributed by atoms with van der Waals surface area (Å²) in [5.74, 6) is -0.231. The predicted octanol–water partition coefficient (Wildman–Crippen LogP) is -0.415. The molecule has 23 heteroatoms. The number of aromatic nitrogens is 6. The average molecular weight is 689 g/mol. The van der Waals surface area contributed by atoms with Gasteiger partial charge in [-0.3, -0.25) is 32.4 Å². The van der Waals surface area contributed by atoms with Crippen LogP contribution in [-0.2, 0) is 32.0 Å². The Bertz CT molecular complexity index is 1940. The van der Waals surface area contributed by atoms with E-state index in [2.05, 4.69) is 19.9 Å². The Hall–Kier alpha value is -2.91. The second kappa shape index (κ2) is 11.1. The van der Waals surface area contributed by atoms with Gasteiger partial charge in [-0.25, -0.2) is 19.1 Å². The lowest BCUT2D eigenvalue weighted by molar-refractivity contribution is -0.0544. The molecule has 0 radical (unpaired) electrons. The number of phosphoric acid groups is 2. The van der Waals surface area contributed by atoms with Gasteiger partial charge in [0.05, 0.1) is 30.9 Å². The summed E-state index contributed by atoms with van der Waals surface area (Å²) >= 11 is 0.920. The fourth-order valence-corrected chi connectivity index (χ4v) is 9.11. The zero-order valence-corrected chi connectivity index (χ0v) is 25.3. The van der Waals surface area contributed by atoms with E-state index in [9.17, 15) is 33.9 Å². The summed E-state index contributed by atoms with van der Waals surface area (Å²) in [6.45, 7) is -1.38. The molecular weight excluding hydrogens is 662 g/mol. The van der Waals surface area contributed by atoms with E-state index >= 15 is 0 Å². The number of ether oxygens (including phenoxy) is 1. The number of fused-ring (bicyclic) bond motifs is 5. The zero-order chi connectivity index (χ0) is 31.8. The van der Waals surface area contributed by atoms with Crippen molar-refractivity contribution in [2.75, 3.05) is 24.7 Å². The van der Waals surface area contributed by atoms with E-state index < -0.39 is 81.8 Å². The van der Waals surface area contributed by atoms with E-state index in [1.807, 2.05) is 0 Å². The number of aliphatic hydroxyl groups excluding tert-OH is 2. The summed E-state index contributed by atoms with van der Waals surface area (Å²) in [5.41, 5.74) is 11.7. The normalized spacial score (nSPS) is 37.7. The van der Waals surface area contributed by atoms with Crippen molar-refractivity contribution < 1.29 is 52.0 Å². The van der Waals surface area contributed by atoms with Gasteiger partial charge < -0.3 is 40.8 Å². The maximum atomic E-state index is 13.2. The molecule has 0 amide bonds. The van der Waals surface area contributed by atoms with Gasteiger partial charge in [0, 0.05) is 23.5 Å². The number of thioether (sulfide) groups is 1. The standard InChI is InChI=1S/C22H26N8O12P2S/c23-9-1-3-25-17-8(9)2-4-29(17)20-14(32)15-10(40-20)5-38-43(34,35)42-16-13(31)11(6-39-44(36,37)41-15)45-21(16)30-7-26-12-18(30)27-22(24)28-19(12)33/h1-4,7,10-11,13-16,20-21,31-32H,5-6H2,(H2,23,25)(H,34,35)(H,36,37)(H3,24,27,28,33)/t10-,11-,13+,14?,15+,16?,20-,21-/m1/s1. The molecule has 9 N–H and O–H groups in total. The molecular formula is C22H26N8O12P2S. The molecule has 7 rings (SSSR count). The quantitative estimate of drug-likeness (QED) is 0.132. The Balaban J connectivity index is 1.21. The Labute approximate surface area is 255 Å². The molecule has 45 heavy (non-hydrogen) atoms. The van der Waals surface area contributed by atoms with Crippen LogP contribution in [0.1, 0.15) is 11.6 Å². The lowest BCUT2D eigenvalue weighted by Gasteiger charge is -2.26. The third-order valence-corrected chi connectivity index (χ3v) is 11.1. The highest BCUT2D eigenvalue weighted by molar-refractivity contribution is 8.00. The van der Waals surface area contributed by atoms with Gasteiger partial charge in [-0.15, -0.1) is 11.8 Å². The van der Waals surface area contributed by atoms with Crippen molar-refractivity contribution in [2.24, 2.45) is 0 Å². The fourth-order valence-electron chi connectivity index (χ4n) is 5.52. The number of nitrogens with two attached hydrogens (primary N) is 2. The maximum absolute atomic E-state index is 13.2. The van der Waals surface area contributed by atoms with E-state index in [1.54, 1.807) is 12.1 Å². The molecule has 0 spiro atoms. The Kier molecular flexibility index (Phi) is 7.59. The minimum Gasteiger partial charge on any atom is -0.398 e. The molecule has 3 fully saturated rings. The number of imidazole rings is 1. The van der Waals surface area contributed by atoms with E-state index in [0.29, 0.717) is 16.7 Å². The summed E-state index contributed by atoms with van der Waals surface area (Å²) in [6.07, 6.45) is -4.78. The second-order valence-electron chi connectivity index (χ2n) is 10.4. The van der Waals surface area contributed by atoms with Crippen LogP contribution < -0.4 is 17.0 Å². The molecule has 3 saturated heterocycles. The van der Waals surface area contributed by atoms with E-state index in [1.165, 1.54) is 27.9 Å². The summed E-state index contributed by atoms with van der Waals surface area (Å²) in [6, 6.07) is 3.21. The number of hydrogen-bond donors (Lipinski definition) is 7. The minimum atomic E-state index is -5.03. The SMILES string of the molecule is Nc1nc2c(ncn2[C@@H]2S[C@@H]3COP(=O)(O)O[C@@H]4C(O)[C@H](n5ccc6c(N)ccnc65)O[C@@H]4COP(=O)(O)OC2[C@H]3O)c(=O)[nH]1. The smallest absolute Gasteiger partial charge is 0.398 e. The van der Waals surface area contributed by atoms with Crippen LogP contribution in [0, 0.1) is 0 Å². The van der Waals surface area contributed by atoms with Gasteiger partial charge in [-0.05, 0) is 12.1 Å². The average Bonchev–Trinajstić information content (AvgIpc) is 3.72. The number of aromatic amines is 1. The first kappa shape index (κ1) is 30.7. The van der Waals surface area contributed by atoms with Gasteiger partial charge in [0.1, 0.15) is 35.4 Å². The van der Waals surface area contributed by atoms with Gasteiger partial charge >= 0.3 is 15.6 Å². The molecule has 4 aromatic rings. The largest absolute Gasteiger partial charge is 0.472 e. The van der Waals surface area contributed by atoms with Crippen molar-refractivity contribution in [2.45, 2.75) is 47.4 Å². The molecule has 3 aliphatic heterocycles. The summed E-state index contributed by atoms with van der Waals surface area (Å²) in [4.78, 5) is 48.4. The number of hydrogen-bond acceptors (Lipinski definition) is 16. The number of nitrogens with one attached hydrogen (secondary N) is 1. The topological polar surface area (TPSA) is 295 Å². The number of H-pyrrole nitrogens is 1. The van der Waals surface area contributed by atoms with Crippen molar-refractivity contribution in [3.05, 3.63) is 41.2 Å². The first-order valence-corrected chi connectivity index (χ1v) is 17.2. The number of phosphoric ester groups is 2. The second-order valence-corrected chi connectivity index (χ2v) is 14.6. The molecule has 10 atom stereocenters. The molecule has 20 nitrogen and oxygen atoms in total. The van der Waals surface area contributed by atoms with Gasteiger partial charge in [0.2, 0.25) is 5.95 Å². The Morgan fingerprint density at radius 1 is 0.978 bits per heavy atom. The Morgan fingerprint density at radius 2 is 1.71 bits per heavy atom. The highest BCUT2D eigenvalue weighted by Gasteiger charge is 2.53. The molecule has 4 aromatic heterocycles. The van der Waals surface area contributed by atoms with Crippen LogP contribution in [0.15, 0.2) is 35.6 Å². The van der Waals surface area contributed by atoms with Crippen LogP contribution in [-0.4, -0.2) is 98.1 Å². The van der Waals surface area contributed by atoms with Gasteiger partial charge in [-0.1, -0.05) is 0 Å². The molecule has 0 saturated carbocycles. The molecule has 0 aromatic carbocycles. The lowest BCUT2D eigenvalue weighted by Crippen LogP contribution is -2.36. The zero-order valence-electron chi connectivity index (χ0n) is 22.7. The van der Waals surface area contributed by atoms with Crippen molar-refractivity contribution in [1.82, 2.24) is 29.1 Å². The van der Waals surface area contributed by atoms with Crippen molar-refractivity contribution >= 4 is 61.2 Å². The maximum Gasteiger partial charge on any atom is 0.472 e. The van der Waals surface area contributed by atoms with Gasteiger partial charge in [-0.2, -0.15) is 4.98 Å². The van der Waals surface area contributed by atoms with Crippen LogP contribution >= 0.6 is 27.4 Å². The number of anilines is 2. The van der Waals surface area contributed by atoms with Gasteiger partial charge in [0.25, 0.3) is 5.56 Å². The van der Waals surface area contributed by atoms with E-state index in [0.717, 1.165) is 11.8 Å². The first-order chi connectivity index (χ1) is 21.3.